The number of aromatic nitrogens is 1. The van der Waals surface area contributed by atoms with Crippen LogP contribution >= 0.6 is 11.3 Å². The molecule has 2 nitrogen and oxygen atoms in total. The van der Waals surface area contributed by atoms with Gasteiger partial charge in [-0.3, -0.25) is 0 Å². The van der Waals surface area contributed by atoms with Crippen LogP contribution in [0, 0.1) is 0 Å². The standard InChI is InChI=1S/C16H24N2S/c1-3-5-16(17-8-4-2)15-6-9-18(12-15)11-14-7-10-19-13-14/h6-7,9-10,12-13,16-17H,3-5,8,11H2,1-2H3. The normalized spacial score (nSPS) is 12.7. The van der Waals surface area contributed by atoms with Crippen LogP contribution in [0.15, 0.2) is 35.3 Å². The van der Waals surface area contributed by atoms with Crippen LogP contribution in [0.4, 0.5) is 0 Å². The largest absolute Gasteiger partial charge is 0.350 e. The summed E-state index contributed by atoms with van der Waals surface area (Å²) in [5, 5.41) is 8.01. The summed E-state index contributed by atoms with van der Waals surface area (Å²) in [6, 6.07) is 4.96. The van der Waals surface area contributed by atoms with Crippen LogP contribution in [0.1, 0.15) is 50.3 Å². The lowest BCUT2D eigenvalue weighted by molar-refractivity contribution is 0.493. The Morgan fingerprint density at radius 3 is 2.84 bits per heavy atom. The average molecular weight is 276 g/mol. The fourth-order valence-electron chi connectivity index (χ4n) is 2.35. The summed E-state index contributed by atoms with van der Waals surface area (Å²) in [4.78, 5) is 0. The first-order valence-corrected chi connectivity index (χ1v) is 8.18. The second-order valence-electron chi connectivity index (χ2n) is 5.04. The van der Waals surface area contributed by atoms with E-state index in [0.717, 1.165) is 13.1 Å². The van der Waals surface area contributed by atoms with E-state index >= 15 is 0 Å². The van der Waals surface area contributed by atoms with Crippen molar-refractivity contribution in [2.75, 3.05) is 6.54 Å². The molecule has 0 bridgehead atoms. The van der Waals surface area contributed by atoms with Crippen molar-refractivity contribution in [3.8, 4) is 0 Å². The molecule has 0 fully saturated rings. The predicted octanol–water partition coefficient (Wildman–Crippen LogP) is 4.44. The van der Waals surface area contributed by atoms with E-state index in [4.69, 9.17) is 0 Å². The number of thiophene rings is 1. The molecule has 1 atom stereocenters. The molecular formula is C16H24N2S. The Kier molecular flexibility index (Phi) is 5.67. The third-order valence-electron chi connectivity index (χ3n) is 3.34. The zero-order chi connectivity index (χ0) is 13.5. The second-order valence-corrected chi connectivity index (χ2v) is 5.82. The molecule has 1 N–H and O–H groups in total. The summed E-state index contributed by atoms with van der Waals surface area (Å²) in [5.74, 6) is 0. The Morgan fingerprint density at radius 2 is 2.16 bits per heavy atom. The number of nitrogens with zero attached hydrogens (tertiary/aromatic N) is 1. The Hall–Kier alpha value is -1.06. The third-order valence-corrected chi connectivity index (χ3v) is 4.07. The molecule has 0 aliphatic heterocycles. The lowest BCUT2D eigenvalue weighted by Gasteiger charge is -2.16. The number of rotatable bonds is 8. The van der Waals surface area contributed by atoms with E-state index in [9.17, 15) is 0 Å². The molecule has 104 valence electrons. The van der Waals surface area contributed by atoms with Crippen LogP contribution < -0.4 is 5.32 Å². The highest BCUT2D eigenvalue weighted by atomic mass is 32.1. The van der Waals surface area contributed by atoms with Crippen molar-refractivity contribution in [2.24, 2.45) is 0 Å². The molecule has 0 aliphatic carbocycles. The fourth-order valence-corrected chi connectivity index (χ4v) is 3.01. The van der Waals surface area contributed by atoms with E-state index in [1.807, 2.05) is 0 Å². The van der Waals surface area contributed by atoms with Crippen LogP contribution in [-0.4, -0.2) is 11.1 Å². The number of hydrogen-bond acceptors (Lipinski definition) is 2. The number of hydrogen-bond donors (Lipinski definition) is 1. The summed E-state index contributed by atoms with van der Waals surface area (Å²) < 4.78 is 2.29. The summed E-state index contributed by atoms with van der Waals surface area (Å²) in [6.45, 7) is 6.55. The van der Waals surface area contributed by atoms with E-state index in [1.165, 1.54) is 30.4 Å². The van der Waals surface area contributed by atoms with Gasteiger partial charge in [-0.1, -0.05) is 20.3 Å². The van der Waals surface area contributed by atoms with Gasteiger partial charge in [0.15, 0.2) is 0 Å². The van der Waals surface area contributed by atoms with Gasteiger partial charge in [-0.15, -0.1) is 0 Å². The van der Waals surface area contributed by atoms with Crippen LogP contribution in [0.25, 0.3) is 0 Å². The highest BCUT2D eigenvalue weighted by Gasteiger charge is 2.10. The highest BCUT2D eigenvalue weighted by Crippen LogP contribution is 2.20. The molecule has 0 saturated heterocycles. The van der Waals surface area contributed by atoms with Gasteiger partial charge in [0.25, 0.3) is 0 Å². The molecule has 0 saturated carbocycles. The highest BCUT2D eigenvalue weighted by molar-refractivity contribution is 7.07. The minimum absolute atomic E-state index is 0.508. The van der Waals surface area contributed by atoms with E-state index in [-0.39, 0.29) is 0 Å². The van der Waals surface area contributed by atoms with Crippen molar-refractivity contribution in [1.29, 1.82) is 0 Å². The monoisotopic (exact) mass is 276 g/mol. The van der Waals surface area contributed by atoms with Gasteiger partial charge in [0, 0.05) is 25.0 Å². The molecule has 3 heteroatoms. The van der Waals surface area contributed by atoms with Crippen molar-refractivity contribution in [3.05, 3.63) is 46.4 Å². The van der Waals surface area contributed by atoms with Crippen LogP contribution in [0.3, 0.4) is 0 Å². The molecular weight excluding hydrogens is 252 g/mol. The zero-order valence-electron chi connectivity index (χ0n) is 11.9. The molecule has 2 rings (SSSR count). The Labute approximate surface area is 120 Å². The van der Waals surface area contributed by atoms with Crippen molar-refractivity contribution in [1.82, 2.24) is 9.88 Å². The molecule has 1 unspecified atom stereocenters. The topological polar surface area (TPSA) is 17.0 Å². The molecule has 0 aliphatic rings. The Morgan fingerprint density at radius 1 is 1.26 bits per heavy atom. The molecule has 2 aromatic heterocycles. The van der Waals surface area contributed by atoms with Crippen molar-refractivity contribution in [3.63, 3.8) is 0 Å². The first-order chi connectivity index (χ1) is 9.33. The molecule has 0 radical (unpaired) electrons. The molecule has 2 aromatic rings. The second kappa shape index (κ2) is 7.51. The maximum absolute atomic E-state index is 3.65. The minimum atomic E-state index is 0.508. The van der Waals surface area contributed by atoms with Gasteiger partial charge in [0.1, 0.15) is 0 Å². The van der Waals surface area contributed by atoms with Crippen LogP contribution in [-0.2, 0) is 6.54 Å². The number of nitrogens with one attached hydrogen (secondary N) is 1. The van der Waals surface area contributed by atoms with Crippen molar-refractivity contribution in [2.45, 2.75) is 45.7 Å². The molecule has 19 heavy (non-hydrogen) atoms. The smallest absolute Gasteiger partial charge is 0.0478 e. The van der Waals surface area contributed by atoms with E-state index in [0.29, 0.717) is 6.04 Å². The van der Waals surface area contributed by atoms with Gasteiger partial charge >= 0.3 is 0 Å². The van der Waals surface area contributed by atoms with Gasteiger partial charge in [-0.25, -0.2) is 0 Å². The molecule has 0 amide bonds. The summed E-state index contributed by atoms with van der Waals surface area (Å²) in [6.07, 6.45) is 8.11. The first-order valence-electron chi connectivity index (χ1n) is 7.23. The summed E-state index contributed by atoms with van der Waals surface area (Å²) >= 11 is 1.77. The summed E-state index contributed by atoms with van der Waals surface area (Å²) in [5.41, 5.74) is 2.81. The zero-order valence-corrected chi connectivity index (χ0v) is 12.7. The van der Waals surface area contributed by atoms with Crippen molar-refractivity contribution < 1.29 is 0 Å². The maximum Gasteiger partial charge on any atom is 0.0478 e. The van der Waals surface area contributed by atoms with Crippen LogP contribution in [0.5, 0.6) is 0 Å². The van der Waals surface area contributed by atoms with E-state index in [2.05, 4.69) is 59.0 Å². The molecule has 0 spiro atoms. The van der Waals surface area contributed by atoms with Gasteiger partial charge in [-0.2, -0.15) is 11.3 Å². The van der Waals surface area contributed by atoms with Crippen molar-refractivity contribution >= 4 is 11.3 Å². The lowest BCUT2D eigenvalue weighted by atomic mass is 10.1. The third kappa shape index (κ3) is 4.22. The molecule has 2 heterocycles. The van der Waals surface area contributed by atoms with Gasteiger partial charge < -0.3 is 9.88 Å². The van der Waals surface area contributed by atoms with Crippen LogP contribution in [0.2, 0.25) is 0 Å². The van der Waals surface area contributed by atoms with Gasteiger partial charge in [-0.05, 0) is 53.4 Å². The summed E-state index contributed by atoms with van der Waals surface area (Å²) in [7, 11) is 0. The van der Waals surface area contributed by atoms with Gasteiger partial charge in [0.05, 0.1) is 0 Å². The van der Waals surface area contributed by atoms with Gasteiger partial charge in [0.2, 0.25) is 0 Å². The Bertz CT molecular complexity index is 459. The van der Waals surface area contributed by atoms with E-state index in [1.54, 1.807) is 11.3 Å². The minimum Gasteiger partial charge on any atom is -0.350 e. The first kappa shape index (κ1) is 14.4. The quantitative estimate of drug-likeness (QED) is 0.754. The Balaban J connectivity index is 2.00. The molecule has 0 aromatic carbocycles. The SMILES string of the molecule is CCCNC(CCC)c1ccn(Cc2ccsc2)c1. The maximum atomic E-state index is 3.65. The predicted molar refractivity (Wildman–Crippen MR) is 83.8 cm³/mol. The average Bonchev–Trinajstić information content (AvgIpc) is 3.07. The lowest BCUT2D eigenvalue weighted by Crippen LogP contribution is -2.21. The van der Waals surface area contributed by atoms with E-state index < -0.39 is 0 Å². The fraction of sp³-hybridized carbons (Fsp3) is 0.500.